The van der Waals surface area contributed by atoms with Crippen molar-refractivity contribution in [3.8, 4) is 28.8 Å². The number of benzene rings is 2. The average molecular weight is 500 g/mol. The molecular formula is C26H25N7O4. The Kier molecular flexibility index (Phi) is 6.93. The van der Waals surface area contributed by atoms with Crippen molar-refractivity contribution in [2.45, 2.75) is 6.54 Å². The fourth-order valence-corrected chi connectivity index (χ4v) is 3.78. The third kappa shape index (κ3) is 5.35. The number of imidazole rings is 1. The monoisotopic (exact) mass is 499 g/mol. The molecule has 0 atom stereocenters. The van der Waals surface area contributed by atoms with Crippen LogP contribution in [0.4, 0.5) is 0 Å². The minimum absolute atomic E-state index is 0.171. The quantitative estimate of drug-likeness (QED) is 0.292. The Morgan fingerprint density at radius 2 is 1.81 bits per heavy atom. The van der Waals surface area contributed by atoms with E-state index in [4.69, 9.17) is 14.2 Å². The Morgan fingerprint density at radius 3 is 2.57 bits per heavy atom. The minimum Gasteiger partial charge on any atom is -0.493 e. The number of methoxy groups -OCH3 is 2. The van der Waals surface area contributed by atoms with E-state index in [0.29, 0.717) is 47.5 Å². The molecule has 11 heteroatoms. The molecule has 0 aliphatic rings. The topological polar surface area (TPSA) is 118 Å². The van der Waals surface area contributed by atoms with Gasteiger partial charge in [0.25, 0.3) is 5.91 Å². The number of hydrogen-bond acceptors (Lipinski definition) is 8. The molecule has 188 valence electrons. The lowest BCUT2D eigenvalue weighted by molar-refractivity contribution is 0.0946. The molecule has 1 N–H and O–H groups in total. The summed E-state index contributed by atoms with van der Waals surface area (Å²) in [6.07, 6.45) is 5.39. The first-order valence-corrected chi connectivity index (χ1v) is 11.5. The summed E-state index contributed by atoms with van der Waals surface area (Å²) in [5, 5.41) is 15.8. The second kappa shape index (κ2) is 10.8. The van der Waals surface area contributed by atoms with Gasteiger partial charge in [-0.05, 0) is 42.0 Å². The third-order valence-electron chi connectivity index (χ3n) is 5.66. The van der Waals surface area contributed by atoms with E-state index in [2.05, 4.69) is 25.6 Å². The van der Waals surface area contributed by atoms with Gasteiger partial charge in [0.1, 0.15) is 6.61 Å². The molecule has 37 heavy (non-hydrogen) atoms. The van der Waals surface area contributed by atoms with Crippen molar-refractivity contribution in [2.75, 3.05) is 27.4 Å². The molecule has 0 fully saturated rings. The van der Waals surface area contributed by atoms with Crippen LogP contribution in [-0.4, -0.2) is 62.6 Å². The van der Waals surface area contributed by atoms with Crippen LogP contribution in [0.15, 0.2) is 73.3 Å². The Bertz CT molecular complexity index is 1500. The number of rotatable bonds is 10. The predicted octanol–water partition coefficient (Wildman–Crippen LogP) is 2.86. The third-order valence-corrected chi connectivity index (χ3v) is 5.66. The highest BCUT2D eigenvalue weighted by Crippen LogP contribution is 2.31. The molecule has 3 aromatic heterocycles. The van der Waals surface area contributed by atoms with Gasteiger partial charge in [-0.2, -0.15) is 4.52 Å². The Hall–Kier alpha value is -4.93. The molecule has 5 rings (SSSR count). The minimum atomic E-state index is -0.171. The standard InChI is InChI=1S/C26H25N7O4/c1-35-21-8-7-20(15-22(21)36-2)25-30-29-23-9-10-24(31-33(23)25)37-14-12-28-26(34)19-5-3-18(4-6-19)16-32-13-11-27-17-32/h3-11,13,15,17H,12,14,16H2,1-2H3,(H,28,34). The van der Waals surface area contributed by atoms with Crippen LogP contribution in [0.5, 0.6) is 17.4 Å². The van der Waals surface area contributed by atoms with E-state index in [0.717, 1.165) is 11.1 Å². The highest BCUT2D eigenvalue weighted by molar-refractivity contribution is 5.94. The number of fused-ring (bicyclic) bond motifs is 1. The van der Waals surface area contributed by atoms with E-state index in [-0.39, 0.29) is 12.5 Å². The van der Waals surface area contributed by atoms with Crippen LogP contribution in [0.1, 0.15) is 15.9 Å². The van der Waals surface area contributed by atoms with Crippen molar-refractivity contribution in [3.63, 3.8) is 0 Å². The highest BCUT2D eigenvalue weighted by Gasteiger charge is 2.14. The van der Waals surface area contributed by atoms with Crippen molar-refractivity contribution in [2.24, 2.45) is 0 Å². The van der Waals surface area contributed by atoms with Gasteiger partial charge in [0.05, 0.1) is 27.1 Å². The fourth-order valence-electron chi connectivity index (χ4n) is 3.78. The molecule has 11 nitrogen and oxygen atoms in total. The van der Waals surface area contributed by atoms with Crippen LogP contribution < -0.4 is 19.5 Å². The lowest BCUT2D eigenvalue weighted by Gasteiger charge is -2.09. The zero-order valence-corrected chi connectivity index (χ0v) is 20.4. The van der Waals surface area contributed by atoms with E-state index in [9.17, 15) is 4.79 Å². The van der Waals surface area contributed by atoms with Crippen molar-refractivity contribution < 1.29 is 19.0 Å². The van der Waals surface area contributed by atoms with E-state index in [1.54, 1.807) is 61.6 Å². The van der Waals surface area contributed by atoms with Crippen LogP contribution in [0.25, 0.3) is 17.0 Å². The summed E-state index contributed by atoms with van der Waals surface area (Å²) in [7, 11) is 3.16. The maximum absolute atomic E-state index is 12.5. The molecule has 2 aromatic carbocycles. The van der Waals surface area contributed by atoms with Gasteiger partial charge in [0.2, 0.25) is 5.88 Å². The second-order valence-corrected chi connectivity index (χ2v) is 8.07. The summed E-state index contributed by atoms with van der Waals surface area (Å²) < 4.78 is 20.0. The summed E-state index contributed by atoms with van der Waals surface area (Å²) in [6.45, 7) is 1.27. The van der Waals surface area contributed by atoms with Gasteiger partial charge in [0.15, 0.2) is 23.0 Å². The Labute approximate surface area is 212 Å². The zero-order chi connectivity index (χ0) is 25.6. The van der Waals surface area contributed by atoms with E-state index >= 15 is 0 Å². The maximum atomic E-state index is 12.5. The van der Waals surface area contributed by atoms with Gasteiger partial charge < -0.3 is 24.1 Å². The maximum Gasteiger partial charge on any atom is 0.251 e. The predicted molar refractivity (Wildman–Crippen MR) is 135 cm³/mol. The SMILES string of the molecule is COc1ccc(-c2nnc3ccc(OCCNC(=O)c4ccc(Cn5ccnc5)cc4)nn23)cc1OC. The molecule has 1 amide bonds. The van der Waals surface area contributed by atoms with Crippen molar-refractivity contribution in [3.05, 3.63) is 84.4 Å². The van der Waals surface area contributed by atoms with Crippen molar-refractivity contribution in [1.29, 1.82) is 0 Å². The number of carbonyl (C=O) groups is 1. The van der Waals surface area contributed by atoms with Gasteiger partial charge in [-0.3, -0.25) is 4.79 Å². The van der Waals surface area contributed by atoms with Gasteiger partial charge in [-0.15, -0.1) is 15.3 Å². The summed E-state index contributed by atoms with van der Waals surface area (Å²) in [4.78, 5) is 16.5. The van der Waals surface area contributed by atoms with Crippen LogP contribution in [0.3, 0.4) is 0 Å². The fraction of sp³-hybridized carbons (Fsp3) is 0.192. The molecule has 0 aliphatic carbocycles. The lowest BCUT2D eigenvalue weighted by Crippen LogP contribution is -2.28. The molecule has 5 aromatic rings. The lowest BCUT2D eigenvalue weighted by atomic mass is 10.1. The highest BCUT2D eigenvalue weighted by atomic mass is 16.5. The Morgan fingerprint density at radius 1 is 0.973 bits per heavy atom. The summed E-state index contributed by atoms with van der Waals surface area (Å²) in [5.74, 6) is 1.94. The molecular weight excluding hydrogens is 474 g/mol. The average Bonchev–Trinajstić information content (AvgIpc) is 3.61. The normalized spacial score (nSPS) is 10.9. The number of carbonyl (C=O) groups excluding carboxylic acids is 1. The summed E-state index contributed by atoms with van der Waals surface area (Å²) in [5.41, 5.74) is 3.00. The van der Waals surface area contributed by atoms with E-state index in [1.165, 1.54) is 0 Å². The molecule has 0 spiro atoms. The van der Waals surface area contributed by atoms with E-state index in [1.807, 2.05) is 35.0 Å². The van der Waals surface area contributed by atoms with Crippen molar-refractivity contribution in [1.82, 2.24) is 34.7 Å². The zero-order valence-electron chi connectivity index (χ0n) is 20.4. The number of aromatic nitrogens is 6. The number of nitrogens with one attached hydrogen (secondary N) is 1. The second-order valence-electron chi connectivity index (χ2n) is 8.07. The molecule has 0 unspecified atom stereocenters. The molecule has 0 saturated heterocycles. The number of nitrogens with zero attached hydrogens (tertiary/aromatic N) is 6. The van der Waals surface area contributed by atoms with E-state index < -0.39 is 0 Å². The van der Waals surface area contributed by atoms with Gasteiger partial charge in [-0.1, -0.05) is 12.1 Å². The van der Waals surface area contributed by atoms with Crippen LogP contribution >= 0.6 is 0 Å². The van der Waals surface area contributed by atoms with Crippen LogP contribution in [-0.2, 0) is 6.54 Å². The molecule has 0 bridgehead atoms. The van der Waals surface area contributed by atoms with Crippen LogP contribution in [0, 0.1) is 0 Å². The Balaban J connectivity index is 1.18. The van der Waals surface area contributed by atoms with Gasteiger partial charge in [0, 0.05) is 36.1 Å². The largest absolute Gasteiger partial charge is 0.493 e. The number of ether oxygens (including phenoxy) is 3. The van der Waals surface area contributed by atoms with Crippen molar-refractivity contribution >= 4 is 11.6 Å². The van der Waals surface area contributed by atoms with Crippen LogP contribution in [0.2, 0.25) is 0 Å². The number of amides is 1. The first-order chi connectivity index (χ1) is 18.1. The van der Waals surface area contributed by atoms with Gasteiger partial charge in [-0.25, -0.2) is 4.98 Å². The molecule has 0 radical (unpaired) electrons. The summed E-state index contributed by atoms with van der Waals surface area (Å²) >= 11 is 0. The molecule has 3 heterocycles. The number of hydrogen-bond donors (Lipinski definition) is 1. The first kappa shape index (κ1) is 23.8. The summed E-state index contributed by atoms with van der Waals surface area (Å²) in [6, 6.07) is 16.4. The smallest absolute Gasteiger partial charge is 0.251 e. The molecule has 0 aliphatic heterocycles. The first-order valence-electron chi connectivity index (χ1n) is 11.5. The molecule has 0 saturated carbocycles. The van der Waals surface area contributed by atoms with Gasteiger partial charge >= 0.3 is 0 Å².